The Kier molecular flexibility index (Phi) is 7.60. The van der Waals surface area contributed by atoms with Gasteiger partial charge in [-0.3, -0.25) is 9.69 Å². The molecule has 220 valence electrons. The van der Waals surface area contributed by atoms with Crippen LogP contribution in [-0.2, 0) is 4.79 Å². The van der Waals surface area contributed by atoms with Gasteiger partial charge in [0.15, 0.2) is 10.9 Å². The van der Waals surface area contributed by atoms with Gasteiger partial charge >= 0.3 is 6.01 Å². The molecular formula is C28H28ClF2N7O3S. The molecular weight excluding hydrogens is 588 g/mol. The molecule has 10 nitrogen and oxygen atoms in total. The maximum Gasteiger partial charge on any atom is 0.319 e. The van der Waals surface area contributed by atoms with Gasteiger partial charge in [-0.2, -0.15) is 9.97 Å². The minimum Gasteiger partial charge on any atom is -0.462 e. The summed E-state index contributed by atoms with van der Waals surface area (Å²) < 4.78 is 37.3. The summed E-state index contributed by atoms with van der Waals surface area (Å²) in [6.45, 7) is 5.98. The number of carbonyl (C=O) groups excluding carboxylic acids is 1. The van der Waals surface area contributed by atoms with Gasteiger partial charge in [0.1, 0.15) is 23.8 Å². The number of halogens is 3. The highest BCUT2D eigenvalue weighted by Gasteiger charge is 2.30. The largest absolute Gasteiger partial charge is 0.462 e. The number of amides is 1. The zero-order valence-electron chi connectivity index (χ0n) is 22.7. The Morgan fingerprint density at radius 3 is 2.69 bits per heavy atom. The lowest BCUT2D eigenvalue weighted by molar-refractivity contribution is -0.126. The molecule has 3 N–H and O–H groups in total. The predicted octanol–water partition coefficient (Wildman–Crippen LogP) is 3.70. The van der Waals surface area contributed by atoms with Crippen LogP contribution >= 0.6 is 22.9 Å². The zero-order valence-corrected chi connectivity index (χ0v) is 24.3. The first-order valence-corrected chi connectivity index (χ1v) is 14.6. The molecule has 0 radical (unpaired) electrons. The number of benzene rings is 2. The van der Waals surface area contributed by atoms with Crippen molar-refractivity contribution in [3.8, 4) is 17.1 Å². The average Bonchev–Trinajstić information content (AvgIpc) is 3.53. The van der Waals surface area contributed by atoms with E-state index in [1.807, 2.05) is 16.8 Å². The molecule has 0 spiro atoms. The van der Waals surface area contributed by atoms with E-state index in [0.717, 1.165) is 11.3 Å². The number of aliphatic hydroxyl groups excluding tert-OH is 1. The number of fused-ring (bicyclic) bond motifs is 2. The average molecular weight is 616 g/mol. The summed E-state index contributed by atoms with van der Waals surface area (Å²) in [5.41, 5.74) is 6.32. The van der Waals surface area contributed by atoms with Gasteiger partial charge in [0.05, 0.1) is 21.3 Å². The van der Waals surface area contributed by atoms with E-state index >= 15 is 4.39 Å². The SMILES string of the molecule is C=CC(=O)N1CCN(c2nc(OC[C@@H]3C[C@@H](O)CN3C)nc3c(F)c(-c4ccc(F)c5sc(N)nc45)c(Cl)cc23)CC1. The summed E-state index contributed by atoms with van der Waals surface area (Å²) in [6, 6.07) is 4.13. The van der Waals surface area contributed by atoms with Crippen LogP contribution in [0.2, 0.25) is 5.02 Å². The zero-order chi connectivity index (χ0) is 29.7. The lowest BCUT2D eigenvalue weighted by atomic mass is 10.0. The van der Waals surface area contributed by atoms with Gasteiger partial charge in [-0.15, -0.1) is 0 Å². The summed E-state index contributed by atoms with van der Waals surface area (Å²) in [7, 11) is 1.89. The molecule has 2 saturated heterocycles. The van der Waals surface area contributed by atoms with Gasteiger partial charge in [0.25, 0.3) is 0 Å². The van der Waals surface area contributed by atoms with E-state index in [2.05, 4.69) is 21.5 Å². The molecule has 2 aliphatic heterocycles. The van der Waals surface area contributed by atoms with E-state index in [1.165, 1.54) is 18.2 Å². The Balaban J connectivity index is 1.46. The van der Waals surface area contributed by atoms with Crippen LogP contribution in [0.15, 0.2) is 30.9 Å². The fourth-order valence-electron chi connectivity index (χ4n) is 5.59. The maximum absolute atomic E-state index is 16.5. The van der Waals surface area contributed by atoms with Crippen LogP contribution < -0.4 is 15.4 Å². The number of ether oxygens (including phenoxy) is 1. The van der Waals surface area contributed by atoms with Crippen molar-refractivity contribution in [3.63, 3.8) is 0 Å². The molecule has 2 aromatic heterocycles. The Labute approximate surface area is 249 Å². The third kappa shape index (κ3) is 5.10. The van der Waals surface area contributed by atoms with Gasteiger partial charge in [-0.05, 0) is 37.7 Å². The molecule has 2 atom stereocenters. The molecule has 1 amide bonds. The monoisotopic (exact) mass is 615 g/mol. The molecule has 6 rings (SSSR count). The summed E-state index contributed by atoms with van der Waals surface area (Å²) in [6.07, 6.45) is 1.35. The normalized spacial score (nSPS) is 19.6. The Hall–Kier alpha value is -3.65. The fourth-order valence-corrected chi connectivity index (χ4v) is 6.65. The second-order valence-electron chi connectivity index (χ2n) is 10.4. The summed E-state index contributed by atoms with van der Waals surface area (Å²) in [5, 5.41) is 10.6. The van der Waals surface area contributed by atoms with Crippen LogP contribution in [0.3, 0.4) is 0 Å². The lowest BCUT2D eigenvalue weighted by Gasteiger charge is -2.35. The number of hydrogen-bond acceptors (Lipinski definition) is 10. The molecule has 0 unspecified atom stereocenters. The van der Waals surface area contributed by atoms with Crippen molar-refractivity contribution in [2.75, 3.05) is 57.0 Å². The highest BCUT2D eigenvalue weighted by molar-refractivity contribution is 7.22. The molecule has 0 bridgehead atoms. The number of likely N-dealkylation sites (N-methyl/N-ethyl adjacent to an activating group) is 1. The number of thiazole rings is 1. The highest BCUT2D eigenvalue weighted by Crippen LogP contribution is 2.42. The Morgan fingerprint density at radius 2 is 2.00 bits per heavy atom. The molecule has 4 aromatic rings. The van der Waals surface area contributed by atoms with Crippen LogP contribution in [0.25, 0.3) is 32.2 Å². The summed E-state index contributed by atoms with van der Waals surface area (Å²) >= 11 is 7.68. The van der Waals surface area contributed by atoms with Crippen molar-refractivity contribution in [2.24, 2.45) is 0 Å². The predicted molar refractivity (Wildman–Crippen MR) is 159 cm³/mol. The van der Waals surface area contributed by atoms with E-state index in [4.69, 9.17) is 22.1 Å². The van der Waals surface area contributed by atoms with E-state index < -0.39 is 17.7 Å². The van der Waals surface area contributed by atoms with Gasteiger partial charge in [0, 0.05) is 55.3 Å². The number of piperazine rings is 1. The first-order valence-electron chi connectivity index (χ1n) is 13.4. The number of β-amino-alcohol motifs (C(OH)–C–C–N with tert-alkyl or cyclic N) is 1. The third-order valence-corrected chi connectivity index (χ3v) is 8.95. The summed E-state index contributed by atoms with van der Waals surface area (Å²) in [4.78, 5) is 31.1. The van der Waals surface area contributed by atoms with Crippen LogP contribution in [-0.4, -0.2) is 94.3 Å². The van der Waals surface area contributed by atoms with E-state index in [9.17, 15) is 14.3 Å². The van der Waals surface area contributed by atoms with Crippen molar-refractivity contribution in [1.29, 1.82) is 0 Å². The number of aliphatic hydroxyl groups is 1. The van der Waals surface area contributed by atoms with Crippen molar-refractivity contribution < 1.29 is 23.4 Å². The topological polar surface area (TPSA) is 121 Å². The number of hydrogen-bond donors (Lipinski definition) is 2. The number of likely N-dealkylation sites (tertiary alicyclic amines) is 1. The number of carbonyl (C=O) groups is 1. The van der Waals surface area contributed by atoms with Crippen LogP contribution in [0.4, 0.5) is 19.7 Å². The third-order valence-electron chi connectivity index (χ3n) is 7.76. The van der Waals surface area contributed by atoms with E-state index in [1.54, 1.807) is 11.0 Å². The number of nitrogen functional groups attached to an aromatic ring is 1. The highest BCUT2D eigenvalue weighted by atomic mass is 35.5. The van der Waals surface area contributed by atoms with Gasteiger partial charge < -0.3 is 25.4 Å². The molecule has 0 saturated carbocycles. The van der Waals surface area contributed by atoms with Crippen molar-refractivity contribution in [1.82, 2.24) is 24.8 Å². The van der Waals surface area contributed by atoms with Gasteiger partial charge in [0.2, 0.25) is 5.91 Å². The van der Waals surface area contributed by atoms with Crippen LogP contribution in [0, 0.1) is 11.6 Å². The standard InChI is InChI=1S/C28H28ClF2N7O3S/c1-3-20(40)37-6-8-38(9-7-37)26-17-11-18(29)21(16-4-5-19(30)25-24(16)33-27(32)42-25)22(31)23(17)34-28(35-26)41-13-14-10-15(39)12-36(14)2/h3-5,11,14-15,39H,1,6-10,12-13H2,2H3,(H2,32,33)/t14-,15+/m0/s1. The Morgan fingerprint density at radius 1 is 1.24 bits per heavy atom. The first kappa shape index (κ1) is 28.5. The quantitative estimate of drug-likeness (QED) is 0.313. The number of nitrogens with two attached hydrogens (primary N) is 1. The number of aromatic nitrogens is 3. The van der Waals surface area contributed by atoms with Crippen molar-refractivity contribution >= 4 is 60.9 Å². The van der Waals surface area contributed by atoms with Crippen molar-refractivity contribution in [2.45, 2.75) is 18.6 Å². The van der Waals surface area contributed by atoms with Gasteiger partial charge in [-0.1, -0.05) is 29.5 Å². The van der Waals surface area contributed by atoms with Crippen molar-refractivity contribution in [3.05, 3.63) is 47.5 Å². The lowest BCUT2D eigenvalue weighted by Crippen LogP contribution is -2.48. The van der Waals surface area contributed by atoms with E-state index in [0.29, 0.717) is 50.3 Å². The molecule has 4 heterocycles. The Bertz CT molecular complexity index is 1710. The second kappa shape index (κ2) is 11.2. The number of nitrogens with zero attached hydrogens (tertiary/aromatic N) is 6. The van der Waals surface area contributed by atoms with E-state index in [-0.39, 0.29) is 61.6 Å². The van der Waals surface area contributed by atoms with Gasteiger partial charge in [-0.25, -0.2) is 13.8 Å². The summed E-state index contributed by atoms with van der Waals surface area (Å²) in [5.74, 6) is -1.01. The number of anilines is 2. The molecule has 14 heteroatoms. The second-order valence-corrected chi connectivity index (χ2v) is 11.8. The van der Waals surface area contributed by atoms with Crippen LogP contribution in [0.1, 0.15) is 6.42 Å². The molecule has 2 aliphatic rings. The molecule has 2 aromatic carbocycles. The molecule has 2 fully saturated rings. The fraction of sp³-hybridized carbons (Fsp3) is 0.357. The first-order chi connectivity index (χ1) is 20.1. The number of rotatable bonds is 6. The minimum absolute atomic E-state index is 0.00937. The molecule has 0 aliphatic carbocycles. The molecule has 42 heavy (non-hydrogen) atoms. The maximum atomic E-state index is 16.5. The smallest absolute Gasteiger partial charge is 0.319 e. The van der Waals surface area contributed by atoms with Crippen LogP contribution in [0.5, 0.6) is 6.01 Å². The minimum atomic E-state index is -0.737.